The van der Waals surface area contributed by atoms with E-state index >= 15 is 0 Å². The van der Waals surface area contributed by atoms with E-state index < -0.39 is 0 Å². The van der Waals surface area contributed by atoms with Crippen LogP contribution in [-0.2, 0) is 4.74 Å². The topological polar surface area (TPSA) is 9.23 Å². The van der Waals surface area contributed by atoms with Crippen LogP contribution >= 0.6 is 0 Å². The molecule has 0 heterocycles. The Hall–Kier alpha value is -0.300. The van der Waals surface area contributed by atoms with Crippen molar-refractivity contribution in [3.05, 3.63) is 12.2 Å². The molecule has 4 aliphatic rings. The third-order valence-corrected chi connectivity index (χ3v) is 7.32. The van der Waals surface area contributed by atoms with E-state index in [1.165, 1.54) is 12.8 Å². The van der Waals surface area contributed by atoms with Crippen LogP contribution in [0.1, 0.15) is 40.5 Å². The molecule has 6 atom stereocenters. The van der Waals surface area contributed by atoms with Gasteiger partial charge in [0.05, 0.1) is 5.60 Å². The monoisotopic (exact) mass is 232 g/mol. The molecular weight excluding hydrogens is 208 g/mol. The lowest BCUT2D eigenvalue weighted by molar-refractivity contribution is -0.0483. The molecule has 0 aliphatic heterocycles. The Labute approximate surface area is 105 Å². The Morgan fingerprint density at radius 1 is 1.12 bits per heavy atom. The maximum atomic E-state index is 6.21. The van der Waals surface area contributed by atoms with Gasteiger partial charge in [0, 0.05) is 23.9 Å². The Bertz CT molecular complexity index is 433. The highest BCUT2D eigenvalue weighted by molar-refractivity contribution is 5.52. The molecule has 94 valence electrons. The largest absolute Gasteiger partial charge is 0.376 e. The summed E-state index contributed by atoms with van der Waals surface area (Å²) in [6.07, 6.45) is 7.84. The smallest absolute Gasteiger partial charge is 0.0908 e. The molecule has 0 aromatic carbocycles. The predicted octanol–water partition coefficient (Wildman–Crippen LogP) is 3.65. The molecular formula is C16H24O. The quantitative estimate of drug-likeness (QED) is 0.627. The Morgan fingerprint density at radius 2 is 1.82 bits per heavy atom. The zero-order chi connectivity index (χ0) is 12.3. The summed E-state index contributed by atoms with van der Waals surface area (Å²) in [5.74, 6) is 2.37. The van der Waals surface area contributed by atoms with Gasteiger partial charge in [-0.3, -0.25) is 0 Å². The number of methoxy groups -OCH3 is 1. The van der Waals surface area contributed by atoms with E-state index in [1.807, 2.05) is 7.11 Å². The molecule has 3 saturated carbocycles. The Kier molecular flexibility index (Phi) is 1.49. The molecule has 0 aromatic rings. The third-order valence-electron chi connectivity index (χ3n) is 7.32. The van der Waals surface area contributed by atoms with Crippen LogP contribution in [0.4, 0.5) is 0 Å². The Balaban J connectivity index is 2.00. The molecule has 1 spiro atoms. The lowest BCUT2D eigenvalue weighted by Gasteiger charge is -2.42. The van der Waals surface area contributed by atoms with Crippen LogP contribution in [0.3, 0.4) is 0 Å². The minimum absolute atomic E-state index is 0.143. The molecule has 4 aliphatic carbocycles. The lowest BCUT2D eigenvalue weighted by Crippen LogP contribution is -2.43. The fourth-order valence-electron chi connectivity index (χ4n) is 7.12. The maximum Gasteiger partial charge on any atom is 0.0908 e. The van der Waals surface area contributed by atoms with Crippen LogP contribution in [0, 0.1) is 34.0 Å². The fourth-order valence-corrected chi connectivity index (χ4v) is 7.12. The number of ether oxygens (including phenoxy) is 1. The molecule has 3 fully saturated rings. The highest BCUT2D eigenvalue weighted by Gasteiger charge is 2.94. The standard InChI is InChI=1S/C16H24O/c1-10-6-7-11-13(2,3)12-14(4)8-9-15(10,11)16(12,14)17-5/h8-12H,6-7H2,1-5H3/t10-,11?,12+,14?,15-,16?/m1/s1. The van der Waals surface area contributed by atoms with Gasteiger partial charge in [0.2, 0.25) is 0 Å². The average molecular weight is 232 g/mol. The van der Waals surface area contributed by atoms with Crippen molar-refractivity contribution >= 4 is 0 Å². The summed E-state index contributed by atoms with van der Waals surface area (Å²) in [6, 6.07) is 0. The first-order valence-corrected chi connectivity index (χ1v) is 7.15. The van der Waals surface area contributed by atoms with Gasteiger partial charge in [-0.25, -0.2) is 0 Å². The van der Waals surface area contributed by atoms with Gasteiger partial charge in [-0.05, 0) is 30.1 Å². The van der Waals surface area contributed by atoms with E-state index in [2.05, 4.69) is 39.8 Å². The molecule has 0 amide bonds. The van der Waals surface area contributed by atoms with E-state index in [-0.39, 0.29) is 5.60 Å². The van der Waals surface area contributed by atoms with Crippen LogP contribution in [0.2, 0.25) is 0 Å². The summed E-state index contributed by atoms with van der Waals surface area (Å²) in [5, 5.41) is 0. The van der Waals surface area contributed by atoms with Crippen molar-refractivity contribution in [2.24, 2.45) is 34.0 Å². The van der Waals surface area contributed by atoms with Crippen molar-refractivity contribution in [1.82, 2.24) is 0 Å². The van der Waals surface area contributed by atoms with E-state index in [0.717, 1.165) is 17.8 Å². The van der Waals surface area contributed by atoms with Gasteiger partial charge >= 0.3 is 0 Å². The van der Waals surface area contributed by atoms with Crippen molar-refractivity contribution < 1.29 is 4.74 Å². The van der Waals surface area contributed by atoms with E-state index in [1.54, 1.807) is 0 Å². The molecule has 0 bridgehead atoms. The zero-order valence-corrected chi connectivity index (χ0v) is 11.7. The molecule has 0 radical (unpaired) electrons. The molecule has 0 aromatic heterocycles. The second kappa shape index (κ2) is 2.39. The van der Waals surface area contributed by atoms with Crippen molar-refractivity contribution in [2.75, 3.05) is 7.11 Å². The van der Waals surface area contributed by atoms with Crippen LogP contribution in [-0.4, -0.2) is 12.7 Å². The Morgan fingerprint density at radius 3 is 2.47 bits per heavy atom. The number of hydrogen-bond donors (Lipinski definition) is 0. The summed E-state index contributed by atoms with van der Waals surface area (Å²) >= 11 is 0. The SMILES string of the molecule is COC12[C@H]3C(C)(C)C4CC[C@@H](C)[C@]41C=CC32C. The zero-order valence-electron chi connectivity index (χ0n) is 11.7. The summed E-state index contributed by atoms with van der Waals surface area (Å²) in [5.41, 5.74) is 1.26. The summed E-state index contributed by atoms with van der Waals surface area (Å²) in [7, 11) is 1.95. The second-order valence-corrected chi connectivity index (χ2v) is 7.77. The van der Waals surface area contributed by atoms with Crippen LogP contribution in [0.5, 0.6) is 0 Å². The first-order chi connectivity index (χ1) is 7.89. The fraction of sp³-hybridized carbons (Fsp3) is 0.875. The van der Waals surface area contributed by atoms with Crippen LogP contribution < -0.4 is 0 Å². The summed E-state index contributed by atoms with van der Waals surface area (Å²) < 4.78 is 6.21. The van der Waals surface area contributed by atoms with E-state index in [0.29, 0.717) is 16.2 Å². The van der Waals surface area contributed by atoms with Crippen molar-refractivity contribution in [3.8, 4) is 0 Å². The average Bonchev–Trinajstić information content (AvgIpc) is 2.48. The number of fused-ring (bicyclic) bond motifs is 1. The second-order valence-electron chi connectivity index (χ2n) is 7.77. The van der Waals surface area contributed by atoms with Crippen molar-refractivity contribution in [1.29, 1.82) is 0 Å². The number of hydrogen-bond acceptors (Lipinski definition) is 1. The third kappa shape index (κ3) is 0.662. The van der Waals surface area contributed by atoms with Gasteiger partial charge in [0.15, 0.2) is 0 Å². The molecule has 0 N–H and O–H groups in total. The van der Waals surface area contributed by atoms with Gasteiger partial charge in [-0.15, -0.1) is 0 Å². The lowest BCUT2D eigenvalue weighted by atomic mass is 9.64. The molecule has 1 heteroatoms. The molecule has 4 rings (SSSR count). The van der Waals surface area contributed by atoms with Gasteiger partial charge in [0.25, 0.3) is 0 Å². The van der Waals surface area contributed by atoms with Crippen molar-refractivity contribution in [3.63, 3.8) is 0 Å². The van der Waals surface area contributed by atoms with Gasteiger partial charge < -0.3 is 4.74 Å². The van der Waals surface area contributed by atoms with Gasteiger partial charge in [-0.1, -0.05) is 39.8 Å². The molecule has 17 heavy (non-hydrogen) atoms. The maximum absolute atomic E-state index is 6.21. The predicted molar refractivity (Wildman–Crippen MR) is 68.6 cm³/mol. The minimum atomic E-state index is 0.143. The highest BCUT2D eigenvalue weighted by atomic mass is 16.5. The molecule has 1 nitrogen and oxygen atoms in total. The number of rotatable bonds is 1. The summed E-state index contributed by atoms with van der Waals surface area (Å²) in [4.78, 5) is 0. The minimum Gasteiger partial charge on any atom is -0.376 e. The van der Waals surface area contributed by atoms with Crippen molar-refractivity contribution in [2.45, 2.75) is 46.1 Å². The molecule has 3 unspecified atom stereocenters. The van der Waals surface area contributed by atoms with E-state index in [9.17, 15) is 0 Å². The van der Waals surface area contributed by atoms with Gasteiger partial charge in [-0.2, -0.15) is 0 Å². The van der Waals surface area contributed by atoms with E-state index in [4.69, 9.17) is 4.74 Å². The van der Waals surface area contributed by atoms with Crippen LogP contribution in [0.15, 0.2) is 12.2 Å². The van der Waals surface area contributed by atoms with Gasteiger partial charge in [0.1, 0.15) is 0 Å². The highest BCUT2D eigenvalue weighted by Crippen LogP contribution is 2.92. The summed E-state index contributed by atoms with van der Waals surface area (Å²) in [6.45, 7) is 9.87. The first kappa shape index (κ1) is 10.6. The normalized spacial score (nSPS) is 64.9. The molecule has 0 saturated heterocycles. The first-order valence-electron chi connectivity index (χ1n) is 7.15. The van der Waals surface area contributed by atoms with Crippen LogP contribution in [0.25, 0.3) is 0 Å².